The fourth-order valence-corrected chi connectivity index (χ4v) is 2.50. The second kappa shape index (κ2) is 5.35. The molecular weight excluding hydrogens is 252 g/mol. The quantitative estimate of drug-likeness (QED) is 0.622. The molecule has 0 fully saturated rings. The molecule has 0 radical (unpaired) electrons. The zero-order valence-corrected chi connectivity index (χ0v) is 11.2. The van der Waals surface area contributed by atoms with Gasteiger partial charge in [0, 0.05) is 4.90 Å². The number of carbonyl (C=O) groups excluding carboxylic acids is 1. The number of thioether (sulfide) groups is 1. The monoisotopic (exact) mass is 266 g/mol. The highest BCUT2D eigenvalue weighted by Crippen LogP contribution is 2.37. The van der Waals surface area contributed by atoms with Crippen molar-refractivity contribution in [3.63, 3.8) is 0 Å². The Morgan fingerprint density at radius 3 is 2.78 bits per heavy atom. The molecule has 2 aromatic rings. The molecule has 0 saturated carbocycles. The third kappa shape index (κ3) is 2.61. The van der Waals surface area contributed by atoms with E-state index in [1.54, 1.807) is 30.2 Å². The van der Waals surface area contributed by atoms with E-state index in [-0.39, 0.29) is 11.0 Å². The van der Waals surface area contributed by atoms with Crippen molar-refractivity contribution in [3.05, 3.63) is 41.7 Å². The molecular formula is C13H14O4S. The Kier molecular flexibility index (Phi) is 3.81. The van der Waals surface area contributed by atoms with Crippen LogP contribution in [-0.2, 0) is 4.74 Å². The van der Waals surface area contributed by atoms with Crippen molar-refractivity contribution in [2.45, 2.75) is 24.0 Å². The van der Waals surface area contributed by atoms with E-state index in [4.69, 9.17) is 8.83 Å². The summed E-state index contributed by atoms with van der Waals surface area (Å²) < 4.78 is 15.3. The van der Waals surface area contributed by atoms with Crippen LogP contribution >= 0.6 is 11.8 Å². The number of aryl methyl sites for hydroxylation is 1. The molecule has 0 aliphatic rings. The van der Waals surface area contributed by atoms with Gasteiger partial charge < -0.3 is 13.6 Å². The average Bonchev–Trinajstić information content (AvgIpc) is 2.98. The summed E-state index contributed by atoms with van der Waals surface area (Å²) >= 11 is 1.62. The van der Waals surface area contributed by atoms with Gasteiger partial charge in [0.2, 0.25) is 5.76 Å². The van der Waals surface area contributed by atoms with E-state index in [1.807, 2.05) is 19.9 Å². The molecule has 0 aromatic carbocycles. The van der Waals surface area contributed by atoms with Crippen LogP contribution in [0.2, 0.25) is 0 Å². The van der Waals surface area contributed by atoms with Crippen LogP contribution in [0, 0.1) is 6.92 Å². The minimum atomic E-state index is -0.460. The fourth-order valence-electron chi connectivity index (χ4n) is 1.53. The largest absolute Gasteiger partial charge is 0.468 e. The van der Waals surface area contributed by atoms with Crippen LogP contribution in [-0.4, -0.2) is 13.1 Å². The summed E-state index contributed by atoms with van der Waals surface area (Å²) in [4.78, 5) is 12.4. The maximum absolute atomic E-state index is 11.3. The Morgan fingerprint density at radius 2 is 2.17 bits per heavy atom. The molecule has 0 spiro atoms. The highest BCUT2D eigenvalue weighted by molar-refractivity contribution is 7.99. The summed E-state index contributed by atoms with van der Waals surface area (Å²) in [6, 6.07) is 5.33. The molecule has 0 amide bonds. The lowest BCUT2D eigenvalue weighted by Crippen LogP contribution is -1.98. The van der Waals surface area contributed by atoms with Crippen molar-refractivity contribution in [1.29, 1.82) is 0 Å². The van der Waals surface area contributed by atoms with E-state index >= 15 is 0 Å². The number of carbonyl (C=O) groups is 1. The van der Waals surface area contributed by atoms with Gasteiger partial charge >= 0.3 is 5.97 Å². The molecule has 0 N–H and O–H groups in total. The van der Waals surface area contributed by atoms with Crippen LogP contribution < -0.4 is 0 Å². The number of ether oxygens (including phenoxy) is 1. The zero-order chi connectivity index (χ0) is 13.1. The van der Waals surface area contributed by atoms with Gasteiger partial charge in [0.1, 0.15) is 11.5 Å². The van der Waals surface area contributed by atoms with Crippen molar-refractivity contribution in [1.82, 2.24) is 0 Å². The van der Waals surface area contributed by atoms with E-state index in [0.717, 1.165) is 16.4 Å². The van der Waals surface area contributed by atoms with Gasteiger partial charge in [0.15, 0.2) is 0 Å². The molecule has 4 nitrogen and oxygen atoms in total. The minimum Gasteiger partial charge on any atom is -0.468 e. The van der Waals surface area contributed by atoms with Crippen LogP contribution in [0.25, 0.3) is 0 Å². The number of esters is 1. The summed E-state index contributed by atoms with van der Waals surface area (Å²) in [5.41, 5.74) is 0. The highest BCUT2D eigenvalue weighted by Gasteiger charge is 2.17. The summed E-state index contributed by atoms with van der Waals surface area (Å²) in [6.07, 6.45) is 1.66. The van der Waals surface area contributed by atoms with Crippen molar-refractivity contribution < 1.29 is 18.4 Å². The Balaban J connectivity index is 2.10. The summed E-state index contributed by atoms with van der Waals surface area (Å²) in [5.74, 6) is 1.38. The van der Waals surface area contributed by atoms with E-state index in [9.17, 15) is 4.79 Å². The van der Waals surface area contributed by atoms with Gasteiger partial charge in [0.25, 0.3) is 0 Å². The first-order chi connectivity index (χ1) is 8.61. The molecule has 2 aromatic heterocycles. The number of hydrogen-bond acceptors (Lipinski definition) is 5. The Bertz CT molecular complexity index is 541. The van der Waals surface area contributed by atoms with Gasteiger partial charge in [-0.05, 0) is 32.0 Å². The molecule has 5 heteroatoms. The molecule has 0 aliphatic carbocycles. The van der Waals surface area contributed by atoms with Crippen molar-refractivity contribution in [3.8, 4) is 0 Å². The van der Waals surface area contributed by atoms with Crippen molar-refractivity contribution in [2.24, 2.45) is 0 Å². The first-order valence-corrected chi connectivity index (χ1v) is 6.38. The Morgan fingerprint density at radius 1 is 1.39 bits per heavy atom. The molecule has 1 atom stereocenters. The number of rotatable bonds is 4. The maximum Gasteiger partial charge on any atom is 0.373 e. The van der Waals surface area contributed by atoms with Gasteiger partial charge in [-0.15, -0.1) is 11.8 Å². The highest BCUT2D eigenvalue weighted by atomic mass is 32.2. The van der Waals surface area contributed by atoms with E-state index in [2.05, 4.69) is 4.74 Å². The Hall–Kier alpha value is -1.62. The molecule has 18 heavy (non-hydrogen) atoms. The van der Waals surface area contributed by atoms with Gasteiger partial charge in [-0.25, -0.2) is 4.79 Å². The smallest absolute Gasteiger partial charge is 0.373 e. The predicted octanol–water partition coefficient (Wildman–Crippen LogP) is 3.82. The normalized spacial score (nSPS) is 12.4. The van der Waals surface area contributed by atoms with Gasteiger partial charge in [0.05, 0.1) is 18.6 Å². The van der Waals surface area contributed by atoms with Gasteiger partial charge in [-0.2, -0.15) is 0 Å². The number of furan rings is 2. The number of hydrogen-bond donors (Lipinski definition) is 0. The van der Waals surface area contributed by atoms with Crippen LogP contribution in [0.5, 0.6) is 0 Å². The number of methoxy groups -OCH3 is 1. The van der Waals surface area contributed by atoms with Crippen LogP contribution in [0.4, 0.5) is 0 Å². The van der Waals surface area contributed by atoms with E-state index in [1.165, 1.54) is 7.11 Å². The van der Waals surface area contributed by atoms with Gasteiger partial charge in [-0.1, -0.05) is 0 Å². The van der Waals surface area contributed by atoms with E-state index in [0.29, 0.717) is 0 Å². The second-order valence-electron chi connectivity index (χ2n) is 3.79. The van der Waals surface area contributed by atoms with Crippen molar-refractivity contribution in [2.75, 3.05) is 7.11 Å². The van der Waals surface area contributed by atoms with Crippen molar-refractivity contribution >= 4 is 17.7 Å². The Labute approximate surface area is 109 Å². The first kappa shape index (κ1) is 12.8. The molecule has 96 valence electrons. The maximum atomic E-state index is 11.3. The molecule has 2 heterocycles. The minimum absolute atomic E-state index is 0.0970. The first-order valence-electron chi connectivity index (χ1n) is 5.50. The van der Waals surface area contributed by atoms with Gasteiger partial charge in [-0.3, -0.25) is 0 Å². The fraction of sp³-hybridized carbons (Fsp3) is 0.308. The zero-order valence-electron chi connectivity index (χ0n) is 10.4. The third-order valence-corrected chi connectivity index (χ3v) is 3.79. The lowest BCUT2D eigenvalue weighted by atomic mass is 10.3. The molecule has 0 aliphatic heterocycles. The second-order valence-corrected chi connectivity index (χ2v) is 5.18. The lowest BCUT2D eigenvalue weighted by Gasteiger charge is -2.06. The van der Waals surface area contributed by atoms with E-state index < -0.39 is 5.97 Å². The topological polar surface area (TPSA) is 52.6 Å². The summed E-state index contributed by atoms with van der Waals surface area (Å²) in [5, 5.41) is 0.0970. The molecule has 0 saturated heterocycles. The summed E-state index contributed by atoms with van der Waals surface area (Å²) in [7, 11) is 1.33. The molecule has 1 unspecified atom stereocenters. The SMILES string of the molecule is COC(=O)c1ccc(C(C)Sc2ccoc2C)o1. The average molecular weight is 266 g/mol. The van der Waals surface area contributed by atoms with Crippen LogP contribution in [0.1, 0.15) is 34.2 Å². The van der Waals surface area contributed by atoms with Crippen LogP contribution in [0.3, 0.4) is 0 Å². The predicted molar refractivity (Wildman–Crippen MR) is 67.8 cm³/mol. The molecule has 2 rings (SSSR count). The van der Waals surface area contributed by atoms with Crippen LogP contribution in [0.15, 0.2) is 38.2 Å². The lowest BCUT2D eigenvalue weighted by molar-refractivity contribution is 0.0563. The summed E-state index contributed by atoms with van der Waals surface area (Å²) in [6.45, 7) is 3.92. The third-order valence-electron chi connectivity index (χ3n) is 2.53. The molecule has 0 bridgehead atoms. The standard InChI is InChI=1S/C13H14O4S/c1-8-12(6-7-16-8)18-9(2)10-4-5-11(17-10)13(14)15-3/h4-7,9H,1-3H3.